The summed E-state index contributed by atoms with van der Waals surface area (Å²) in [6.45, 7) is 6.00. The normalized spacial score (nSPS) is 15.6. The Balaban J connectivity index is 1.73. The SMILES string of the molecule is COc1nc(C)cnc1N(C(=O)OCC(C)C)S(=O)(=O)c1cccnc1-c1ccc(OC2CCCCO2)cc1. The van der Waals surface area contributed by atoms with Crippen LogP contribution in [0.3, 0.4) is 0 Å². The number of rotatable bonds is 9. The molecule has 0 spiro atoms. The van der Waals surface area contributed by atoms with E-state index in [1.807, 2.05) is 13.8 Å². The molecular formula is C27H32N4O7S. The second-order valence-electron chi connectivity index (χ2n) is 9.37. The molecule has 0 radical (unpaired) electrons. The Morgan fingerprint density at radius 1 is 1.15 bits per heavy atom. The maximum absolute atomic E-state index is 14.1. The highest BCUT2D eigenvalue weighted by Gasteiger charge is 2.38. The monoisotopic (exact) mass is 556 g/mol. The molecule has 1 amide bonds. The van der Waals surface area contributed by atoms with Gasteiger partial charge < -0.3 is 18.9 Å². The molecule has 208 valence electrons. The summed E-state index contributed by atoms with van der Waals surface area (Å²) in [7, 11) is -3.28. The Labute approximate surface area is 228 Å². The van der Waals surface area contributed by atoms with Gasteiger partial charge in [0.1, 0.15) is 10.6 Å². The molecule has 0 N–H and O–H groups in total. The van der Waals surface area contributed by atoms with Crippen LogP contribution in [0.15, 0.2) is 53.7 Å². The van der Waals surface area contributed by atoms with E-state index in [-0.39, 0.29) is 41.1 Å². The lowest BCUT2D eigenvalue weighted by Crippen LogP contribution is -2.39. The van der Waals surface area contributed by atoms with Crippen LogP contribution < -0.4 is 13.8 Å². The number of hydrogen-bond donors (Lipinski definition) is 0. The molecule has 1 atom stereocenters. The van der Waals surface area contributed by atoms with Gasteiger partial charge >= 0.3 is 6.09 Å². The van der Waals surface area contributed by atoms with Gasteiger partial charge in [0.25, 0.3) is 15.9 Å². The van der Waals surface area contributed by atoms with Crippen LogP contribution in [0.2, 0.25) is 0 Å². The third-order valence-electron chi connectivity index (χ3n) is 5.76. The van der Waals surface area contributed by atoms with E-state index in [9.17, 15) is 13.2 Å². The van der Waals surface area contributed by atoms with Crippen LogP contribution in [-0.2, 0) is 19.5 Å². The molecule has 1 aliphatic rings. The van der Waals surface area contributed by atoms with E-state index in [0.29, 0.717) is 27.9 Å². The summed E-state index contributed by atoms with van der Waals surface area (Å²) in [5.41, 5.74) is 1.12. The zero-order valence-electron chi connectivity index (χ0n) is 22.4. The molecule has 0 aliphatic carbocycles. The first-order valence-corrected chi connectivity index (χ1v) is 14.1. The number of hydrogen-bond acceptors (Lipinski definition) is 10. The first-order chi connectivity index (χ1) is 18.7. The van der Waals surface area contributed by atoms with Gasteiger partial charge in [0.2, 0.25) is 5.82 Å². The standard InChI is InChI=1S/C27H32N4O7S/c1-18(2)17-37-27(32)31(25-26(35-4)30-19(3)16-29-25)39(33,34)22-8-7-14-28-24(22)20-10-12-21(13-11-20)38-23-9-5-6-15-36-23/h7-8,10-14,16,18,23H,5-6,9,15,17H2,1-4H3. The van der Waals surface area contributed by atoms with E-state index in [1.165, 1.54) is 31.6 Å². The molecule has 11 nitrogen and oxygen atoms in total. The molecule has 39 heavy (non-hydrogen) atoms. The predicted octanol–water partition coefficient (Wildman–Crippen LogP) is 4.75. The molecule has 12 heteroatoms. The second-order valence-corrected chi connectivity index (χ2v) is 11.1. The van der Waals surface area contributed by atoms with E-state index >= 15 is 0 Å². The number of amides is 1. The third kappa shape index (κ3) is 6.63. The van der Waals surface area contributed by atoms with Gasteiger partial charge in [-0.15, -0.1) is 4.31 Å². The Morgan fingerprint density at radius 2 is 1.92 bits per heavy atom. The van der Waals surface area contributed by atoms with Crippen molar-refractivity contribution < 1.29 is 32.2 Å². The van der Waals surface area contributed by atoms with Crippen molar-refractivity contribution in [3.8, 4) is 22.9 Å². The van der Waals surface area contributed by atoms with E-state index in [1.54, 1.807) is 31.2 Å². The average Bonchev–Trinajstić information content (AvgIpc) is 2.93. The van der Waals surface area contributed by atoms with Crippen LogP contribution >= 0.6 is 0 Å². The molecule has 3 heterocycles. The largest absolute Gasteiger partial charge is 0.478 e. The number of nitrogens with zero attached hydrogens (tertiary/aromatic N) is 4. The van der Waals surface area contributed by atoms with Crippen molar-refractivity contribution in [1.29, 1.82) is 0 Å². The van der Waals surface area contributed by atoms with E-state index in [0.717, 1.165) is 19.3 Å². The zero-order chi connectivity index (χ0) is 28.0. The van der Waals surface area contributed by atoms with E-state index < -0.39 is 16.1 Å². The van der Waals surface area contributed by atoms with Crippen LogP contribution in [0.4, 0.5) is 10.6 Å². The molecule has 1 aromatic carbocycles. The smallest absolute Gasteiger partial charge is 0.430 e. The molecule has 0 bridgehead atoms. The van der Waals surface area contributed by atoms with Gasteiger partial charge in [0, 0.05) is 18.2 Å². The molecule has 1 saturated heterocycles. The quantitative estimate of drug-likeness (QED) is 0.364. The van der Waals surface area contributed by atoms with Gasteiger partial charge in [-0.3, -0.25) is 4.98 Å². The molecule has 1 aliphatic heterocycles. The lowest BCUT2D eigenvalue weighted by molar-refractivity contribution is -0.105. The molecule has 1 fully saturated rings. The summed E-state index contributed by atoms with van der Waals surface area (Å²) < 4.78 is 50.8. The van der Waals surface area contributed by atoms with Crippen molar-refractivity contribution in [2.75, 3.05) is 24.6 Å². The summed E-state index contributed by atoms with van der Waals surface area (Å²) in [5.74, 6) is 0.0996. The van der Waals surface area contributed by atoms with Crippen LogP contribution in [0, 0.1) is 12.8 Å². The average molecular weight is 557 g/mol. The van der Waals surface area contributed by atoms with Crippen molar-refractivity contribution >= 4 is 21.9 Å². The number of sulfonamides is 1. The highest BCUT2D eigenvalue weighted by Crippen LogP contribution is 2.34. The number of pyridine rings is 1. The van der Waals surface area contributed by atoms with Crippen LogP contribution in [0.5, 0.6) is 11.6 Å². The zero-order valence-corrected chi connectivity index (χ0v) is 23.2. The Kier molecular flexibility index (Phi) is 8.97. The summed E-state index contributed by atoms with van der Waals surface area (Å²) in [6, 6.07) is 9.70. The van der Waals surface area contributed by atoms with Crippen molar-refractivity contribution in [2.45, 2.75) is 51.2 Å². The fourth-order valence-corrected chi connectivity index (χ4v) is 5.35. The number of carbonyl (C=O) groups is 1. The number of ether oxygens (including phenoxy) is 4. The third-order valence-corrected chi connectivity index (χ3v) is 7.44. The maximum atomic E-state index is 14.1. The van der Waals surface area contributed by atoms with E-state index in [2.05, 4.69) is 15.0 Å². The molecule has 3 aromatic rings. The number of aromatic nitrogens is 3. The van der Waals surface area contributed by atoms with Gasteiger partial charge in [-0.2, -0.15) is 0 Å². The van der Waals surface area contributed by atoms with Crippen LogP contribution in [0.25, 0.3) is 11.3 Å². The van der Waals surface area contributed by atoms with Crippen molar-refractivity contribution in [2.24, 2.45) is 5.92 Å². The fraction of sp³-hybridized carbons (Fsp3) is 0.407. The lowest BCUT2D eigenvalue weighted by atomic mass is 10.1. The summed E-state index contributed by atoms with van der Waals surface area (Å²) >= 11 is 0. The van der Waals surface area contributed by atoms with E-state index in [4.69, 9.17) is 18.9 Å². The highest BCUT2D eigenvalue weighted by molar-refractivity contribution is 7.93. The number of anilines is 1. The maximum Gasteiger partial charge on any atom is 0.430 e. The van der Waals surface area contributed by atoms with Crippen LogP contribution in [0.1, 0.15) is 38.8 Å². The fourth-order valence-electron chi connectivity index (χ4n) is 3.88. The number of methoxy groups -OCH3 is 1. The Bertz CT molecular complexity index is 1390. The van der Waals surface area contributed by atoms with Crippen molar-refractivity contribution in [1.82, 2.24) is 15.0 Å². The highest BCUT2D eigenvalue weighted by atomic mass is 32.2. The summed E-state index contributed by atoms with van der Waals surface area (Å²) in [6.07, 6.45) is 4.22. The van der Waals surface area contributed by atoms with Crippen molar-refractivity contribution in [3.63, 3.8) is 0 Å². The van der Waals surface area contributed by atoms with Crippen molar-refractivity contribution in [3.05, 3.63) is 54.5 Å². The Hall–Kier alpha value is -3.77. The van der Waals surface area contributed by atoms with Crippen LogP contribution in [-0.4, -0.2) is 56.1 Å². The van der Waals surface area contributed by atoms with Gasteiger partial charge in [-0.25, -0.2) is 23.2 Å². The number of carbonyl (C=O) groups excluding carboxylic acids is 1. The first kappa shape index (κ1) is 28.2. The minimum absolute atomic E-state index is 0.00146. The summed E-state index contributed by atoms with van der Waals surface area (Å²) in [4.78, 5) is 25.7. The minimum Gasteiger partial charge on any atom is -0.478 e. The van der Waals surface area contributed by atoms with Gasteiger partial charge in [-0.1, -0.05) is 13.8 Å². The molecule has 0 saturated carbocycles. The topological polar surface area (TPSA) is 130 Å². The molecule has 2 aromatic heterocycles. The Morgan fingerprint density at radius 3 is 2.59 bits per heavy atom. The number of benzene rings is 1. The predicted molar refractivity (Wildman–Crippen MR) is 143 cm³/mol. The molecule has 4 rings (SSSR count). The van der Waals surface area contributed by atoms with Gasteiger partial charge in [-0.05, 0) is 62.1 Å². The number of aryl methyl sites for hydroxylation is 1. The minimum atomic E-state index is -4.60. The lowest BCUT2D eigenvalue weighted by Gasteiger charge is -2.24. The van der Waals surface area contributed by atoms with Gasteiger partial charge in [0.05, 0.1) is 37.9 Å². The molecular weight excluding hydrogens is 524 g/mol. The molecule has 1 unspecified atom stereocenters. The van der Waals surface area contributed by atoms with Gasteiger partial charge in [0.15, 0.2) is 6.29 Å². The summed E-state index contributed by atoms with van der Waals surface area (Å²) in [5, 5.41) is 0. The second kappa shape index (κ2) is 12.4. The first-order valence-electron chi connectivity index (χ1n) is 12.6.